The van der Waals surface area contributed by atoms with Gasteiger partial charge in [0.25, 0.3) is 0 Å². The topological polar surface area (TPSA) is 67.9 Å². The van der Waals surface area contributed by atoms with Crippen molar-refractivity contribution in [3.8, 4) is 0 Å². The molecule has 6 nitrogen and oxygen atoms in total. The Morgan fingerprint density at radius 3 is 2.54 bits per heavy atom. The molecule has 6 heteroatoms. The van der Waals surface area contributed by atoms with Gasteiger partial charge in [0.15, 0.2) is 0 Å². The molecule has 0 aromatic rings. The van der Waals surface area contributed by atoms with Crippen LogP contribution in [0.2, 0.25) is 0 Å². The molecule has 0 saturated carbocycles. The summed E-state index contributed by atoms with van der Waals surface area (Å²) < 4.78 is 10.9. The van der Waals surface area contributed by atoms with Crippen molar-refractivity contribution in [1.29, 1.82) is 0 Å². The molecule has 1 fully saturated rings. The molecule has 0 spiro atoms. The second-order valence-electron chi connectivity index (χ2n) is 7.98. The highest BCUT2D eigenvalue weighted by atomic mass is 16.6. The summed E-state index contributed by atoms with van der Waals surface area (Å²) in [6.45, 7) is 13.5. The van der Waals surface area contributed by atoms with Crippen molar-refractivity contribution in [3.05, 3.63) is 0 Å². The lowest BCUT2D eigenvalue weighted by Crippen LogP contribution is -2.51. The molecule has 1 N–H and O–H groups in total. The number of hydrogen-bond donors (Lipinski definition) is 1. The van der Waals surface area contributed by atoms with Crippen LogP contribution in [-0.2, 0) is 14.3 Å². The van der Waals surface area contributed by atoms with E-state index >= 15 is 0 Å². The number of carbonyl (C=O) groups excluding carboxylic acids is 2. The molecular formula is C18H34N2O4. The first-order valence-corrected chi connectivity index (χ1v) is 8.98. The second-order valence-corrected chi connectivity index (χ2v) is 7.98. The minimum Gasteiger partial charge on any atom is -0.444 e. The molecule has 1 rings (SSSR count). The number of hydrogen-bond acceptors (Lipinski definition) is 4. The van der Waals surface area contributed by atoms with Crippen LogP contribution < -0.4 is 5.32 Å². The first kappa shape index (κ1) is 20.7. The van der Waals surface area contributed by atoms with Crippen LogP contribution in [0, 0.1) is 5.92 Å². The van der Waals surface area contributed by atoms with Crippen LogP contribution in [-0.4, -0.2) is 54.3 Å². The van der Waals surface area contributed by atoms with E-state index in [1.807, 2.05) is 46.4 Å². The summed E-state index contributed by atoms with van der Waals surface area (Å²) >= 11 is 0. The normalized spacial score (nSPS) is 21.0. The number of nitrogens with one attached hydrogen (secondary N) is 1. The van der Waals surface area contributed by atoms with Gasteiger partial charge in [-0.2, -0.15) is 0 Å². The van der Waals surface area contributed by atoms with Crippen molar-refractivity contribution in [3.63, 3.8) is 0 Å². The summed E-state index contributed by atoms with van der Waals surface area (Å²) in [5, 5.41) is 2.77. The van der Waals surface area contributed by atoms with Gasteiger partial charge >= 0.3 is 6.09 Å². The summed E-state index contributed by atoms with van der Waals surface area (Å²) in [7, 11) is 0. The van der Waals surface area contributed by atoms with E-state index in [4.69, 9.17) is 9.47 Å². The van der Waals surface area contributed by atoms with Crippen LogP contribution in [0.25, 0.3) is 0 Å². The van der Waals surface area contributed by atoms with E-state index < -0.39 is 17.7 Å². The van der Waals surface area contributed by atoms with Crippen molar-refractivity contribution in [2.24, 2.45) is 5.92 Å². The Kier molecular flexibility index (Phi) is 8.00. The molecule has 1 heterocycles. The van der Waals surface area contributed by atoms with E-state index in [1.165, 1.54) is 0 Å². The molecule has 2 atom stereocenters. The average molecular weight is 342 g/mol. The van der Waals surface area contributed by atoms with Gasteiger partial charge < -0.3 is 19.7 Å². The molecular weight excluding hydrogens is 308 g/mol. The van der Waals surface area contributed by atoms with Gasteiger partial charge in [-0.3, -0.25) is 4.79 Å². The number of rotatable bonds is 4. The van der Waals surface area contributed by atoms with Crippen molar-refractivity contribution in [1.82, 2.24) is 10.2 Å². The summed E-state index contributed by atoms with van der Waals surface area (Å²) in [6.07, 6.45) is 1.85. The predicted molar refractivity (Wildman–Crippen MR) is 93.8 cm³/mol. The third-order valence-corrected chi connectivity index (χ3v) is 3.79. The Hall–Kier alpha value is -1.30. The van der Waals surface area contributed by atoms with Crippen molar-refractivity contribution in [2.75, 3.05) is 19.7 Å². The average Bonchev–Trinajstić information content (AvgIpc) is 2.39. The first-order valence-electron chi connectivity index (χ1n) is 8.98. The number of amides is 2. The quantitative estimate of drug-likeness (QED) is 0.853. The number of ether oxygens (including phenoxy) is 2. The minimum absolute atomic E-state index is 0.0244. The Morgan fingerprint density at radius 1 is 1.29 bits per heavy atom. The smallest absolute Gasteiger partial charge is 0.408 e. The molecule has 140 valence electrons. The summed E-state index contributed by atoms with van der Waals surface area (Å²) in [5.41, 5.74) is -0.581. The zero-order chi connectivity index (χ0) is 18.3. The van der Waals surface area contributed by atoms with E-state index in [9.17, 15) is 9.59 Å². The van der Waals surface area contributed by atoms with Crippen LogP contribution in [0.3, 0.4) is 0 Å². The van der Waals surface area contributed by atoms with E-state index in [-0.39, 0.29) is 12.0 Å². The van der Waals surface area contributed by atoms with Gasteiger partial charge in [-0.05, 0) is 52.9 Å². The third kappa shape index (κ3) is 7.99. The summed E-state index contributed by atoms with van der Waals surface area (Å²) in [6, 6.07) is -0.546. The van der Waals surface area contributed by atoms with Crippen LogP contribution in [0.1, 0.15) is 60.8 Å². The molecule has 1 aliphatic rings. The van der Waals surface area contributed by atoms with Gasteiger partial charge in [-0.15, -0.1) is 0 Å². The Labute approximate surface area is 146 Å². The third-order valence-electron chi connectivity index (χ3n) is 3.79. The molecule has 24 heavy (non-hydrogen) atoms. The summed E-state index contributed by atoms with van der Waals surface area (Å²) in [4.78, 5) is 26.9. The van der Waals surface area contributed by atoms with Gasteiger partial charge in [-0.1, -0.05) is 13.8 Å². The van der Waals surface area contributed by atoms with Gasteiger partial charge in [0.05, 0.1) is 6.10 Å². The van der Waals surface area contributed by atoms with E-state index in [0.29, 0.717) is 32.0 Å². The fraction of sp³-hybridized carbons (Fsp3) is 0.889. The van der Waals surface area contributed by atoms with E-state index in [0.717, 1.165) is 12.8 Å². The molecule has 0 aliphatic carbocycles. The molecule has 1 aliphatic heterocycles. The highest BCUT2D eigenvalue weighted by molar-refractivity contribution is 5.85. The van der Waals surface area contributed by atoms with E-state index in [2.05, 4.69) is 5.32 Å². The standard InChI is InChI=1S/C18H34N2O4/c1-13(2)12-15(19-17(22)24-18(4,5)6)16(21)20-9-7-11-23-14(3)8-10-20/h13-15H,7-12H2,1-6H3,(H,19,22)/t14-,15-/m0/s1. The molecule has 0 bridgehead atoms. The van der Waals surface area contributed by atoms with Crippen LogP contribution >= 0.6 is 0 Å². The van der Waals surface area contributed by atoms with Gasteiger partial charge in [-0.25, -0.2) is 4.79 Å². The highest BCUT2D eigenvalue weighted by Gasteiger charge is 2.29. The predicted octanol–water partition coefficient (Wildman–Crippen LogP) is 2.95. The van der Waals surface area contributed by atoms with Crippen molar-refractivity contribution in [2.45, 2.75) is 78.6 Å². The van der Waals surface area contributed by atoms with Gasteiger partial charge in [0.1, 0.15) is 11.6 Å². The monoisotopic (exact) mass is 342 g/mol. The largest absolute Gasteiger partial charge is 0.444 e. The summed E-state index contributed by atoms with van der Waals surface area (Å²) in [5.74, 6) is 0.273. The maximum atomic E-state index is 12.9. The molecule has 2 amide bonds. The number of nitrogens with zero attached hydrogens (tertiary/aromatic N) is 1. The lowest BCUT2D eigenvalue weighted by molar-refractivity contribution is -0.135. The minimum atomic E-state index is -0.581. The first-order chi connectivity index (χ1) is 11.1. The van der Waals surface area contributed by atoms with Gasteiger partial charge in [0.2, 0.25) is 5.91 Å². The lowest BCUT2D eigenvalue weighted by Gasteiger charge is -2.32. The second kappa shape index (κ2) is 9.25. The van der Waals surface area contributed by atoms with Crippen LogP contribution in [0.4, 0.5) is 4.79 Å². The Bertz CT molecular complexity index is 418. The van der Waals surface area contributed by atoms with Crippen molar-refractivity contribution < 1.29 is 19.1 Å². The number of alkyl carbamates (subject to hydrolysis) is 1. The fourth-order valence-corrected chi connectivity index (χ4v) is 2.66. The molecule has 0 aromatic heterocycles. The van der Waals surface area contributed by atoms with E-state index in [1.54, 1.807) is 0 Å². The Morgan fingerprint density at radius 2 is 1.96 bits per heavy atom. The molecule has 0 radical (unpaired) electrons. The highest BCUT2D eigenvalue weighted by Crippen LogP contribution is 2.14. The maximum absolute atomic E-state index is 12.9. The van der Waals surface area contributed by atoms with Crippen molar-refractivity contribution >= 4 is 12.0 Å². The Balaban J connectivity index is 2.74. The van der Waals surface area contributed by atoms with Crippen LogP contribution in [0.5, 0.6) is 0 Å². The maximum Gasteiger partial charge on any atom is 0.408 e. The SMILES string of the molecule is CC(C)C[C@H](NC(=O)OC(C)(C)C)C(=O)N1CCCO[C@@H](C)CC1. The number of carbonyl (C=O) groups is 2. The lowest BCUT2D eigenvalue weighted by atomic mass is 10.0. The van der Waals surface area contributed by atoms with Gasteiger partial charge in [0, 0.05) is 19.7 Å². The zero-order valence-electron chi connectivity index (χ0n) is 16.1. The molecule has 1 saturated heterocycles. The zero-order valence-corrected chi connectivity index (χ0v) is 16.1. The van der Waals surface area contributed by atoms with Crippen LogP contribution in [0.15, 0.2) is 0 Å². The fourth-order valence-electron chi connectivity index (χ4n) is 2.66. The molecule has 0 unspecified atom stereocenters. The molecule has 0 aromatic carbocycles.